The normalized spacial score (nSPS) is 14.5. The molecule has 0 aliphatic heterocycles. The van der Waals surface area contributed by atoms with Crippen molar-refractivity contribution in [1.82, 2.24) is 31.5 Å². The van der Waals surface area contributed by atoms with E-state index < -0.39 is 0 Å². The van der Waals surface area contributed by atoms with Gasteiger partial charge in [-0.05, 0) is 17.7 Å². The molecule has 0 aromatic heterocycles. The fourth-order valence-electron chi connectivity index (χ4n) is 1.63. The summed E-state index contributed by atoms with van der Waals surface area (Å²) in [5, 5.41) is 8.49. The molecule has 0 atom stereocenters. The van der Waals surface area contributed by atoms with Gasteiger partial charge >= 0.3 is 12.1 Å². The summed E-state index contributed by atoms with van der Waals surface area (Å²) in [7, 11) is 6.88. The van der Waals surface area contributed by atoms with Crippen LogP contribution in [0.3, 0.4) is 0 Å². The highest BCUT2D eigenvalue weighted by Gasteiger charge is 2.15. The molecule has 0 aromatic carbocycles. The molecule has 0 spiro atoms. The zero-order chi connectivity index (χ0) is 16.0. The Morgan fingerprint density at radius 3 is 2.00 bits per heavy atom. The predicted octanol–water partition coefficient (Wildman–Crippen LogP) is 0.266. The van der Waals surface area contributed by atoms with Crippen molar-refractivity contribution in [3.05, 3.63) is 35.7 Å². The van der Waals surface area contributed by atoms with Crippen LogP contribution in [0.4, 0.5) is 9.59 Å². The minimum Gasteiger partial charge on any atom is -0.310 e. The van der Waals surface area contributed by atoms with Gasteiger partial charge < -0.3 is 10.6 Å². The molecule has 1 rings (SSSR count). The van der Waals surface area contributed by atoms with Crippen molar-refractivity contribution < 1.29 is 9.59 Å². The predicted molar refractivity (Wildman–Crippen MR) is 80.6 cm³/mol. The Kier molecular flexibility index (Phi) is 5.94. The van der Waals surface area contributed by atoms with E-state index in [4.69, 9.17) is 0 Å². The molecule has 1 aliphatic carbocycles. The number of nitrogens with zero attached hydrogens (tertiary/aromatic N) is 2. The number of urea groups is 2. The van der Waals surface area contributed by atoms with E-state index in [9.17, 15) is 9.59 Å². The Hall–Kier alpha value is -2.32. The molecular formula is C13H22N6O2. The van der Waals surface area contributed by atoms with Gasteiger partial charge in [-0.2, -0.15) is 0 Å². The molecule has 116 valence electrons. The number of carbonyl (C=O) groups is 2. The van der Waals surface area contributed by atoms with Crippen molar-refractivity contribution in [3.8, 4) is 0 Å². The lowest BCUT2D eigenvalue weighted by molar-refractivity contribution is 0.213. The number of hydrogen-bond donors (Lipinski definition) is 4. The maximum atomic E-state index is 11.6. The number of hydrazine groups is 2. The summed E-state index contributed by atoms with van der Waals surface area (Å²) in [5.41, 5.74) is 7.19. The Bertz CT molecular complexity index is 493. The maximum Gasteiger partial charge on any atom is 0.333 e. The Balaban J connectivity index is 2.60. The summed E-state index contributed by atoms with van der Waals surface area (Å²) < 4.78 is 0. The van der Waals surface area contributed by atoms with Crippen LogP contribution in [0.5, 0.6) is 0 Å². The van der Waals surface area contributed by atoms with Gasteiger partial charge in [0.1, 0.15) is 0 Å². The fraction of sp³-hybridized carbons (Fsp3) is 0.385. The van der Waals surface area contributed by atoms with E-state index >= 15 is 0 Å². The molecule has 0 saturated heterocycles. The highest BCUT2D eigenvalue weighted by Crippen LogP contribution is 2.19. The molecule has 4 amide bonds. The lowest BCUT2D eigenvalue weighted by Crippen LogP contribution is -2.44. The Labute approximate surface area is 124 Å². The summed E-state index contributed by atoms with van der Waals surface area (Å²) in [6.45, 7) is 3.90. The monoisotopic (exact) mass is 294 g/mol. The molecule has 1 aliphatic rings. The molecule has 8 nitrogen and oxygen atoms in total. The van der Waals surface area contributed by atoms with Crippen molar-refractivity contribution in [2.24, 2.45) is 0 Å². The molecule has 0 fully saturated rings. The first-order valence-corrected chi connectivity index (χ1v) is 6.37. The van der Waals surface area contributed by atoms with Crippen molar-refractivity contribution in [3.63, 3.8) is 0 Å². The third-order valence-corrected chi connectivity index (χ3v) is 2.41. The summed E-state index contributed by atoms with van der Waals surface area (Å²) in [5.74, 6) is 0. The average Bonchev–Trinajstić information content (AvgIpc) is 2.30. The molecule has 21 heavy (non-hydrogen) atoms. The summed E-state index contributed by atoms with van der Waals surface area (Å²) in [6, 6.07) is -0.670. The van der Waals surface area contributed by atoms with Crippen LogP contribution in [0.1, 0.15) is 6.42 Å². The van der Waals surface area contributed by atoms with E-state index in [0.717, 1.165) is 0 Å². The first kappa shape index (κ1) is 16.7. The van der Waals surface area contributed by atoms with Gasteiger partial charge in [-0.3, -0.25) is 10.9 Å². The van der Waals surface area contributed by atoms with Crippen molar-refractivity contribution in [2.75, 3.05) is 28.2 Å². The number of allylic oxidation sites excluding steroid dienone is 4. The standard InChI is InChI=1S/C13H22N6O2/c1-9-8-10(14-12(20)16-18(2)3)6-7-11(9)15-13(21)17-19(4)5/h6-7H,1,8H2,2-5H3,(H2,14,16,20)(H2,15,17,21). The summed E-state index contributed by atoms with van der Waals surface area (Å²) in [6.07, 6.45) is 3.89. The quantitative estimate of drug-likeness (QED) is 0.560. The highest BCUT2D eigenvalue weighted by atomic mass is 16.2. The number of hydrogen-bond acceptors (Lipinski definition) is 4. The Morgan fingerprint density at radius 2 is 1.52 bits per heavy atom. The van der Waals surface area contributed by atoms with E-state index in [1.54, 1.807) is 45.4 Å². The van der Waals surface area contributed by atoms with Crippen molar-refractivity contribution in [1.29, 1.82) is 0 Å². The molecular weight excluding hydrogens is 272 g/mol. The minimum absolute atomic E-state index is 0.325. The zero-order valence-electron chi connectivity index (χ0n) is 12.8. The van der Waals surface area contributed by atoms with Crippen LogP contribution in [-0.2, 0) is 0 Å². The Morgan fingerprint density at radius 1 is 1.00 bits per heavy atom. The molecule has 4 N–H and O–H groups in total. The van der Waals surface area contributed by atoms with Gasteiger partial charge in [-0.1, -0.05) is 6.58 Å². The van der Waals surface area contributed by atoms with Gasteiger partial charge in [0, 0.05) is 46.0 Å². The number of carbonyl (C=O) groups excluding carboxylic acids is 2. The van der Waals surface area contributed by atoms with Crippen LogP contribution < -0.4 is 21.5 Å². The SMILES string of the molecule is C=C1CC(NC(=O)NN(C)C)=CC=C1NC(=O)NN(C)C. The first-order valence-electron chi connectivity index (χ1n) is 6.37. The number of rotatable bonds is 4. The van der Waals surface area contributed by atoms with Crippen LogP contribution in [0, 0.1) is 0 Å². The van der Waals surface area contributed by atoms with Crippen molar-refractivity contribution in [2.45, 2.75) is 6.42 Å². The van der Waals surface area contributed by atoms with Crippen LogP contribution in [-0.4, -0.2) is 50.3 Å². The molecule has 8 heteroatoms. The van der Waals surface area contributed by atoms with Crippen molar-refractivity contribution >= 4 is 12.1 Å². The van der Waals surface area contributed by atoms with E-state index in [0.29, 0.717) is 23.4 Å². The highest BCUT2D eigenvalue weighted by molar-refractivity contribution is 5.77. The molecule has 0 bridgehead atoms. The lowest BCUT2D eigenvalue weighted by atomic mass is 10.0. The van der Waals surface area contributed by atoms with E-state index in [1.807, 2.05) is 0 Å². The minimum atomic E-state index is -0.345. The number of nitrogens with one attached hydrogen (secondary N) is 4. The van der Waals surface area contributed by atoms with Gasteiger partial charge in [0.2, 0.25) is 0 Å². The largest absolute Gasteiger partial charge is 0.333 e. The molecule has 0 unspecified atom stereocenters. The van der Waals surface area contributed by atoms with Gasteiger partial charge in [0.05, 0.1) is 0 Å². The summed E-state index contributed by atoms with van der Waals surface area (Å²) in [4.78, 5) is 23.2. The van der Waals surface area contributed by atoms with Crippen LogP contribution in [0.15, 0.2) is 35.7 Å². The third-order valence-electron chi connectivity index (χ3n) is 2.41. The maximum absolute atomic E-state index is 11.6. The van der Waals surface area contributed by atoms with Gasteiger partial charge in [0.15, 0.2) is 0 Å². The van der Waals surface area contributed by atoms with E-state index in [-0.39, 0.29) is 12.1 Å². The molecule has 0 heterocycles. The second kappa shape index (κ2) is 7.46. The zero-order valence-corrected chi connectivity index (χ0v) is 12.8. The van der Waals surface area contributed by atoms with Crippen LogP contribution in [0.25, 0.3) is 0 Å². The van der Waals surface area contributed by atoms with Crippen LogP contribution >= 0.6 is 0 Å². The molecule has 0 saturated carbocycles. The molecule has 0 radical (unpaired) electrons. The second-order valence-corrected chi connectivity index (χ2v) is 4.97. The summed E-state index contributed by atoms with van der Waals surface area (Å²) >= 11 is 0. The van der Waals surface area contributed by atoms with Gasteiger partial charge in [-0.25, -0.2) is 19.6 Å². The smallest absolute Gasteiger partial charge is 0.310 e. The van der Waals surface area contributed by atoms with E-state index in [1.165, 1.54) is 5.01 Å². The third kappa shape index (κ3) is 6.11. The van der Waals surface area contributed by atoms with E-state index in [2.05, 4.69) is 28.1 Å². The molecule has 0 aromatic rings. The average molecular weight is 294 g/mol. The number of amides is 4. The fourth-order valence-corrected chi connectivity index (χ4v) is 1.63. The second-order valence-electron chi connectivity index (χ2n) is 4.97. The first-order chi connectivity index (χ1) is 9.77. The van der Waals surface area contributed by atoms with Crippen LogP contribution in [0.2, 0.25) is 0 Å². The van der Waals surface area contributed by atoms with Gasteiger partial charge in [0.25, 0.3) is 0 Å². The topological polar surface area (TPSA) is 88.7 Å². The van der Waals surface area contributed by atoms with Gasteiger partial charge in [-0.15, -0.1) is 0 Å². The lowest BCUT2D eigenvalue weighted by Gasteiger charge is -2.21.